The number of fused-ring (bicyclic) bond motifs is 1. The molecule has 0 saturated carbocycles. The van der Waals surface area contributed by atoms with Crippen LogP contribution in [0.15, 0.2) is 6.07 Å². The Morgan fingerprint density at radius 2 is 2.22 bits per heavy atom. The van der Waals surface area contributed by atoms with E-state index in [0.29, 0.717) is 41.9 Å². The van der Waals surface area contributed by atoms with Gasteiger partial charge in [-0.2, -0.15) is 0 Å². The van der Waals surface area contributed by atoms with Gasteiger partial charge in [-0.15, -0.1) is 0 Å². The number of hydrogen-bond acceptors (Lipinski definition) is 4. The third kappa shape index (κ3) is 2.25. The number of rotatable bonds is 4. The summed E-state index contributed by atoms with van der Waals surface area (Å²) in [5.74, 6) is 1.74. The van der Waals surface area contributed by atoms with Crippen molar-refractivity contribution in [3.63, 3.8) is 0 Å². The molecular weight excluding hydrogens is 256 g/mol. The molecule has 5 heteroatoms. The van der Waals surface area contributed by atoms with Crippen LogP contribution in [0.1, 0.15) is 24.8 Å². The molecule has 0 fully saturated rings. The SMILES string of the molecule is COc1cc2c(c(C(C)CC=O)c1Cl)OCCO2. The minimum absolute atomic E-state index is 0.0412. The molecule has 0 spiro atoms. The summed E-state index contributed by atoms with van der Waals surface area (Å²) >= 11 is 6.30. The summed E-state index contributed by atoms with van der Waals surface area (Å²) in [6.07, 6.45) is 1.25. The predicted molar refractivity (Wildman–Crippen MR) is 68.1 cm³/mol. The lowest BCUT2D eigenvalue weighted by Crippen LogP contribution is -2.17. The summed E-state index contributed by atoms with van der Waals surface area (Å²) in [5, 5.41) is 0.483. The molecule has 0 amide bonds. The first-order valence-corrected chi connectivity index (χ1v) is 6.16. The van der Waals surface area contributed by atoms with Crippen LogP contribution in [0.25, 0.3) is 0 Å². The van der Waals surface area contributed by atoms with E-state index < -0.39 is 0 Å². The van der Waals surface area contributed by atoms with E-state index in [1.807, 2.05) is 6.92 Å². The molecule has 0 bridgehead atoms. The highest BCUT2D eigenvalue weighted by atomic mass is 35.5. The van der Waals surface area contributed by atoms with E-state index in [4.69, 9.17) is 25.8 Å². The Balaban J connectivity index is 2.55. The third-order valence-electron chi connectivity index (χ3n) is 2.93. The monoisotopic (exact) mass is 270 g/mol. The van der Waals surface area contributed by atoms with E-state index in [2.05, 4.69) is 0 Å². The summed E-state index contributed by atoms with van der Waals surface area (Å²) in [6.45, 7) is 2.91. The van der Waals surface area contributed by atoms with Crippen molar-refractivity contribution in [2.45, 2.75) is 19.3 Å². The number of halogens is 1. The molecule has 18 heavy (non-hydrogen) atoms. The zero-order valence-corrected chi connectivity index (χ0v) is 11.1. The van der Waals surface area contributed by atoms with Gasteiger partial charge >= 0.3 is 0 Å². The maximum Gasteiger partial charge on any atom is 0.166 e. The minimum atomic E-state index is -0.0412. The smallest absolute Gasteiger partial charge is 0.166 e. The average Bonchev–Trinajstić information content (AvgIpc) is 2.38. The normalized spacial score (nSPS) is 15.1. The van der Waals surface area contributed by atoms with E-state index in [9.17, 15) is 4.79 Å². The van der Waals surface area contributed by atoms with Crippen LogP contribution in [0.2, 0.25) is 5.02 Å². The van der Waals surface area contributed by atoms with Gasteiger partial charge in [0, 0.05) is 18.1 Å². The molecule has 0 aromatic heterocycles. The molecule has 4 nitrogen and oxygen atoms in total. The highest BCUT2D eigenvalue weighted by Crippen LogP contribution is 2.47. The summed E-state index contributed by atoms with van der Waals surface area (Å²) in [6, 6.07) is 1.72. The predicted octanol–water partition coefficient (Wildman–Crippen LogP) is 2.81. The van der Waals surface area contributed by atoms with Gasteiger partial charge in [0.25, 0.3) is 0 Å². The van der Waals surface area contributed by atoms with Crippen molar-refractivity contribution in [1.29, 1.82) is 0 Å². The van der Waals surface area contributed by atoms with Crippen LogP contribution in [0, 0.1) is 0 Å². The van der Waals surface area contributed by atoms with Crippen LogP contribution in [-0.4, -0.2) is 26.6 Å². The van der Waals surface area contributed by atoms with Crippen LogP contribution in [0.4, 0.5) is 0 Å². The number of methoxy groups -OCH3 is 1. The largest absolute Gasteiger partial charge is 0.495 e. The van der Waals surface area contributed by atoms with E-state index in [1.165, 1.54) is 0 Å². The van der Waals surface area contributed by atoms with Crippen molar-refractivity contribution in [3.05, 3.63) is 16.7 Å². The highest BCUT2D eigenvalue weighted by molar-refractivity contribution is 6.33. The Labute approximate surface area is 111 Å². The molecule has 0 saturated heterocycles. The Bertz CT molecular complexity index is 459. The first-order valence-electron chi connectivity index (χ1n) is 5.78. The first kappa shape index (κ1) is 13.0. The standard InChI is InChI=1S/C13H15ClO4/c1-8(3-4-15)11-12(14)9(16-2)7-10-13(11)18-6-5-17-10/h4,7-8H,3,5-6H2,1-2H3. The zero-order chi connectivity index (χ0) is 13.1. The van der Waals surface area contributed by atoms with Gasteiger partial charge < -0.3 is 19.0 Å². The quantitative estimate of drug-likeness (QED) is 0.789. The van der Waals surface area contributed by atoms with Crippen molar-refractivity contribution in [2.24, 2.45) is 0 Å². The van der Waals surface area contributed by atoms with Gasteiger partial charge in [-0.25, -0.2) is 0 Å². The van der Waals surface area contributed by atoms with Crippen molar-refractivity contribution in [3.8, 4) is 17.2 Å². The number of aldehydes is 1. The topological polar surface area (TPSA) is 44.8 Å². The lowest BCUT2D eigenvalue weighted by atomic mass is 9.96. The van der Waals surface area contributed by atoms with Crippen LogP contribution < -0.4 is 14.2 Å². The molecule has 0 radical (unpaired) electrons. The van der Waals surface area contributed by atoms with E-state index in [0.717, 1.165) is 11.8 Å². The fourth-order valence-electron chi connectivity index (χ4n) is 2.02. The molecule has 1 aliphatic rings. The first-order chi connectivity index (χ1) is 8.69. The average molecular weight is 271 g/mol. The molecular formula is C13H15ClO4. The van der Waals surface area contributed by atoms with Gasteiger partial charge in [0.1, 0.15) is 25.2 Å². The van der Waals surface area contributed by atoms with Crippen LogP contribution in [0.5, 0.6) is 17.2 Å². The van der Waals surface area contributed by atoms with E-state index >= 15 is 0 Å². The molecule has 98 valence electrons. The van der Waals surface area contributed by atoms with Crippen molar-refractivity contribution < 1.29 is 19.0 Å². The molecule has 1 aromatic carbocycles. The highest BCUT2D eigenvalue weighted by Gasteiger charge is 2.25. The molecule has 2 rings (SSSR count). The fourth-order valence-corrected chi connectivity index (χ4v) is 2.42. The van der Waals surface area contributed by atoms with Gasteiger partial charge in [-0.05, 0) is 5.92 Å². The summed E-state index contributed by atoms with van der Waals surface area (Å²) in [4.78, 5) is 10.7. The summed E-state index contributed by atoms with van der Waals surface area (Å²) < 4.78 is 16.4. The van der Waals surface area contributed by atoms with Crippen LogP contribution in [-0.2, 0) is 4.79 Å². The number of carbonyl (C=O) groups excluding carboxylic acids is 1. The van der Waals surface area contributed by atoms with Crippen LogP contribution >= 0.6 is 11.6 Å². The Kier molecular flexibility index (Phi) is 3.97. The van der Waals surface area contributed by atoms with Crippen LogP contribution in [0.3, 0.4) is 0 Å². The summed E-state index contributed by atoms with van der Waals surface area (Å²) in [7, 11) is 1.55. The molecule has 0 N–H and O–H groups in total. The van der Waals surface area contributed by atoms with E-state index in [-0.39, 0.29) is 5.92 Å². The third-order valence-corrected chi connectivity index (χ3v) is 3.32. The van der Waals surface area contributed by atoms with Crippen molar-refractivity contribution in [2.75, 3.05) is 20.3 Å². The van der Waals surface area contributed by atoms with Crippen molar-refractivity contribution in [1.82, 2.24) is 0 Å². The van der Waals surface area contributed by atoms with Gasteiger partial charge in [-0.1, -0.05) is 18.5 Å². The van der Waals surface area contributed by atoms with Gasteiger partial charge in [0.05, 0.1) is 12.1 Å². The Morgan fingerprint density at radius 3 is 2.89 bits per heavy atom. The lowest BCUT2D eigenvalue weighted by Gasteiger charge is -2.25. The summed E-state index contributed by atoms with van der Waals surface area (Å²) in [5.41, 5.74) is 0.776. The number of benzene rings is 1. The van der Waals surface area contributed by atoms with Gasteiger partial charge in [0.15, 0.2) is 11.5 Å². The fraction of sp³-hybridized carbons (Fsp3) is 0.462. The molecule has 1 heterocycles. The number of carbonyl (C=O) groups is 1. The molecule has 1 aliphatic heterocycles. The van der Waals surface area contributed by atoms with Gasteiger partial charge in [-0.3, -0.25) is 0 Å². The second kappa shape index (κ2) is 5.48. The minimum Gasteiger partial charge on any atom is -0.495 e. The molecule has 1 atom stereocenters. The Morgan fingerprint density at radius 1 is 1.50 bits per heavy atom. The maximum absolute atomic E-state index is 10.7. The Hall–Kier alpha value is -1.42. The van der Waals surface area contributed by atoms with Gasteiger partial charge in [0.2, 0.25) is 0 Å². The molecule has 1 aromatic rings. The maximum atomic E-state index is 10.7. The molecule has 0 aliphatic carbocycles. The zero-order valence-electron chi connectivity index (χ0n) is 10.4. The number of hydrogen-bond donors (Lipinski definition) is 0. The lowest BCUT2D eigenvalue weighted by molar-refractivity contribution is -0.108. The van der Waals surface area contributed by atoms with Crippen molar-refractivity contribution >= 4 is 17.9 Å². The second-order valence-electron chi connectivity index (χ2n) is 4.13. The molecule has 1 unspecified atom stereocenters. The van der Waals surface area contributed by atoms with E-state index in [1.54, 1.807) is 13.2 Å². The second-order valence-corrected chi connectivity index (χ2v) is 4.51. The number of ether oxygens (including phenoxy) is 3.